The molecule has 3 aromatic rings. The van der Waals surface area contributed by atoms with Crippen LogP contribution in [0.1, 0.15) is 12.5 Å². The zero-order valence-electron chi connectivity index (χ0n) is 15.2. The molecular formula is C19H19N3O5. The van der Waals surface area contributed by atoms with Crippen LogP contribution in [0.2, 0.25) is 0 Å². The van der Waals surface area contributed by atoms with Crippen LogP contribution in [-0.2, 0) is 16.1 Å². The molecule has 8 heteroatoms. The summed E-state index contributed by atoms with van der Waals surface area (Å²) in [4.78, 5) is 12.9. The normalized spacial score (nSPS) is 10.6. The minimum atomic E-state index is -0.547. The molecule has 1 heterocycles. The summed E-state index contributed by atoms with van der Waals surface area (Å²) in [6.45, 7) is 4.94. The minimum Gasteiger partial charge on any atom is -0.505 e. The summed E-state index contributed by atoms with van der Waals surface area (Å²) in [5, 5.41) is 19.4. The molecule has 0 fully saturated rings. The SMILES string of the molecule is C=C(C)C(=O)OCc1cc(OC)cc(-n2nc3ccc(OC)cc3n2)c1O. The Morgan fingerprint density at radius 1 is 1.11 bits per heavy atom. The Morgan fingerprint density at radius 2 is 1.81 bits per heavy atom. The second kappa shape index (κ2) is 7.36. The molecule has 140 valence electrons. The molecule has 3 rings (SSSR count). The van der Waals surface area contributed by atoms with Gasteiger partial charge in [0.2, 0.25) is 0 Å². The summed E-state index contributed by atoms with van der Waals surface area (Å²) in [7, 11) is 3.07. The number of ether oxygens (including phenoxy) is 3. The first-order chi connectivity index (χ1) is 12.9. The predicted octanol–water partition coefficient (Wildman–Crippen LogP) is 2.76. The van der Waals surface area contributed by atoms with Crippen molar-refractivity contribution in [3.8, 4) is 22.9 Å². The number of benzene rings is 2. The summed E-state index contributed by atoms with van der Waals surface area (Å²) < 4.78 is 15.6. The Kier molecular flexibility index (Phi) is 4.98. The van der Waals surface area contributed by atoms with Crippen molar-refractivity contribution in [3.63, 3.8) is 0 Å². The average molecular weight is 369 g/mol. The number of hydrogen-bond acceptors (Lipinski definition) is 7. The predicted molar refractivity (Wildman–Crippen MR) is 98.2 cm³/mol. The molecule has 0 amide bonds. The van der Waals surface area contributed by atoms with E-state index in [1.165, 1.54) is 11.9 Å². The van der Waals surface area contributed by atoms with E-state index >= 15 is 0 Å². The smallest absolute Gasteiger partial charge is 0.333 e. The molecule has 0 aliphatic rings. The molecule has 2 aromatic carbocycles. The van der Waals surface area contributed by atoms with Crippen LogP contribution in [-0.4, -0.2) is 40.3 Å². The Balaban J connectivity index is 2.02. The monoisotopic (exact) mass is 369 g/mol. The molecule has 1 N–H and O–H groups in total. The van der Waals surface area contributed by atoms with Gasteiger partial charge in [0.15, 0.2) is 0 Å². The Labute approximate surface area is 155 Å². The van der Waals surface area contributed by atoms with Gasteiger partial charge < -0.3 is 19.3 Å². The van der Waals surface area contributed by atoms with Crippen molar-refractivity contribution in [2.24, 2.45) is 0 Å². The van der Waals surface area contributed by atoms with Crippen molar-refractivity contribution in [1.29, 1.82) is 0 Å². The maximum atomic E-state index is 11.6. The van der Waals surface area contributed by atoms with Gasteiger partial charge >= 0.3 is 5.97 Å². The van der Waals surface area contributed by atoms with E-state index in [1.807, 2.05) is 0 Å². The fourth-order valence-electron chi connectivity index (χ4n) is 2.43. The number of carbonyl (C=O) groups excluding carboxylic acids is 1. The van der Waals surface area contributed by atoms with Crippen molar-refractivity contribution in [1.82, 2.24) is 15.0 Å². The van der Waals surface area contributed by atoms with Gasteiger partial charge in [-0.1, -0.05) is 6.58 Å². The third-order valence-corrected chi connectivity index (χ3v) is 3.89. The first-order valence-corrected chi connectivity index (χ1v) is 8.07. The fraction of sp³-hybridized carbons (Fsp3) is 0.211. The van der Waals surface area contributed by atoms with E-state index in [0.717, 1.165) is 0 Å². The summed E-state index contributed by atoms with van der Waals surface area (Å²) in [5.41, 5.74) is 2.16. The number of carbonyl (C=O) groups is 1. The van der Waals surface area contributed by atoms with Crippen molar-refractivity contribution >= 4 is 17.0 Å². The van der Waals surface area contributed by atoms with Gasteiger partial charge in [-0.25, -0.2) is 4.79 Å². The van der Waals surface area contributed by atoms with Crippen LogP contribution in [0.15, 0.2) is 42.5 Å². The highest BCUT2D eigenvalue weighted by molar-refractivity contribution is 5.87. The van der Waals surface area contributed by atoms with Gasteiger partial charge in [-0.05, 0) is 25.1 Å². The van der Waals surface area contributed by atoms with Crippen LogP contribution in [0.25, 0.3) is 16.7 Å². The topological polar surface area (TPSA) is 95.7 Å². The first-order valence-electron chi connectivity index (χ1n) is 8.07. The average Bonchev–Trinajstić information content (AvgIpc) is 3.09. The minimum absolute atomic E-state index is 0.113. The molecule has 0 unspecified atom stereocenters. The van der Waals surface area contributed by atoms with E-state index in [4.69, 9.17) is 14.2 Å². The van der Waals surface area contributed by atoms with Gasteiger partial charge in [0, 0.05) is 23.3 Å². The lowest BCUT2D eigenvalue weighted by Crippen LogP contribution is -2.07. The number of esters is 1. The fourth-order valence-corrected chi connectivity index (χ4v) is 2.43. The van der Waals surface area contributed by atoms with Crippen LogP contribution in [0.3, 0.4) is 0 Å². The number of nitrogens with zero attached hydrogens (tertiary/aromatic N) is 3. The van der Waals surface area contributed by atoms with Gasteiger partial charge in [-0.15, -0.1) is 15.0 Å². The van der Waals surface area contributed by atoms with Crippen LogP contribution in [0.5, 0.6) is 17.2 Å². The van der Waals surface area contributed by atoms with E-state index in [2.05, 4.69) is 16.8 Å². The summed E-state index contributed by atoms with van der Waals surface area (Å²) in [6, 6.07) is 8.46. The number of phenols is 1. The highest BCUT2D eigenvalue weighted by atomic mass is 16.5. The van der Waals surface area contributed by atoms with Gasteiger partial charge in [0.05, 0.1) is 14.2 Å². The van der Waals surface area contributed by atoms with Gasteiger partial charge in [-0.2, -0.15) is 0 Å². The number of rotatable bonds is 6. The number of methoxy groups -OCH3 is 2. The number of hydrogen-bond donors (Lipinski definition) is 1. The van der Waals surface area contributed by atoms with E-state index in [-0.39, 0.29) is 17.9 Å². The first kappa shape index (κ1) is 18.2. The van der Waals surface area contributed by atoms with E-state index < -0.39 is 5.97 Å². The van der Waals surface area contributed by atoms with Gasteiger partial charge in [0.1, 0.15) is 40.6 Å². The van der Waals surface area contributed by atoms with E-state index in [0.29, 0.717) is 33.8 Å². The zero-order valence-corrected chi connectivity index (χ0v) is 15.2. The second-order valence-electron chi connectivity index (χ2n) is 5.85. The quantitative estimate of drug-likeness (QED) is 0.527. The Morgan fingerprint density at radius 3 is 2.48 bits per heavy atom. The number of aromatic nitrogens is 3. The molecule has 27 heavy (non-hydrogen) atoms. The summed E-state index contributed by atoms with van der Waals surface area (Å²) in [6.07, 6.45) is 0. The van der Waals surface area contributed by atoms with Crippen LogP contribution < -0.4 is 9.47 Å². The van der Waals surface area contributed by atoms with Crippen LogP contribution >= 0.6 is 0 Å². The third kappa shape index (κ3) is 3.69. The molecule has 0 atom stereocenters. The lowest BCUT2D eigenvalue weighted by atomic mass is 10.1. The maximum Gasteiger partial charge on any atom is 0.333 e. The molecule has 0 saturated heterocycles. The largest absolute Gasteiger partial charge is 0.505 e. The van der Waals surface area contributed by atoms with Crippen molar-refractivity contribution in [3.05, 3.63) is 48.0 Å². The van der Waals surface area contributed by atoms with Gasteiger partial charge in [0.25, 0.3) is 0 Å². The highest BCUT2D eigenvalue weighted by Crippen LogP contribution is 2.32. The summed E-state index contributed by atoms with van der Waals surface area (Å²) in [5.74, 6) is 0.450. The Bertz CT molecular complexity index is 1030. The van der Waals surface area contributed by atoms with E-state index in [9.17, 15) is 9.90 Å². The van der Waals surface area contributed by atoms with Crippen LogP contribution in [0.4, 0.5) is 0 Å². The molecule has 0 saturated carbocycles. The number of aromatic hydroxyl groups is 1. The standard InChI is InChI=1S/C19H19N3O5/c1-11(2)19(24)27-10-12-7-14(26-4)9-17(18(12)23)22-20-15-6-5-13(25-3)8-16(15)21-22/h5-9,23H,1,10H2,2-4H3. The molecular weight excluding hydrogens is 350 g/mol. The lowest BCUT2D eigenvalue weighted by Gasteiger charge is -2.12. The maximum absolute atomic E-state index is 11.6. The zero-order chi connectivity index (χ0) is 19.6. The molecule has 0 bridgehead atoms. The third-order valence-electron chi connectivity index (χ3n) is 3.89. The summed E-state index contributed by atoms with van der Waals surface area (Å²) >= 11 is 0. The number of fused-ring (bicyclic) bond motifs is 1. The van der Waals surface area contributed by atoms with Gasteiger partial charge in [-0.3, -0.25) is 0 Å². The van der Waals surface area contributed by atoms with E-state index in [1.54, 1.807) is 44.4 Å². The second-order valence-corrected chi connectivity index (χ2v) is 5.85. The molecule has 0 aliphatic carbocycles. The number of phenolic OH excluding ortho intramolecular Hbond substituents is 1. The molecule has 1 aromatic heterocycles. The molecule has 0 spiro atoms. The van der Waals surface area contributed by atoms with Crippen LogP contribution in [0, 0.1) is 0 Å². The van der Waals surface area contributed by atoms with Crippen molar-refractivity contribution < 1.29 is 24.1 Å². The van der Waals surface area contributed by atoms with Crippen molar-refractivity contribution in [2.75, 3.05) is 14.2 Å². The lowest BCUT2D eigenvalue weighted by molar-refractivity contribution is -0.140. The highest BCUT2D eigenvalue weighted by Gasteiger charge is 2.17. The molecule has 8 nitrogen and oxygen atoms in total. The molecule has 0 aliphatic heterocycles. The molecule has 0 radical (unpaired) electrons. The van der Waals surface area contributed by atoms with Crippen molar-refractivity contribution in [2.45, 2.75) is 13.5 Å². The Hall–Kier alpha value is -3.55.